The van der Waals surface area contributed by atoms with Gasteiger partial charge in [0.05, 0.1) is 13.4 Å². The number of ether oxygens (including phenoxy) is 2. The Balaban J connectivity index is 1.84. The summed E-state index contributed by atoms with van der Waals surface area (Å²) in [4.78, 5) is 35.2. The van der Waals surface area contributed by atoms with Crippen molar-refractivity contribution in [3.8, 4) is 5.75 Å². The molecule has 126 valence electrons. The molecule has 2 amide bonds. The Hall–Kier alpha value is -3.29. The highest BCUT2D eigenvalue weighted by Crippen LogP contribution is 2.20. The van der Waals surface area contributed by atoms with Crippen LogP contribution in [0.4, 0.5) is 0 Å². The van der Waals surface area contributed by atoms with Gasteiger partial charge in [-0.3, -0.25) is 20.4 Å². The lowest BCUT2D eigenvalue weighted by Gasteiger charge is -2.10. The molecule has 2 rings (SSSR count). The summed E-state index contributed by atoms with van der Waals surface area (Å²) in [6.45, 7) is 1.25. The lowest BCUT2D eigenvalue weighted by atomic mass is 10.1. The third-order valence-corrected chi connectivity index (χ3v) is 2.97. The molecule has 8 nitrogen and oxygen atoms in total. The first-order valence-corrected chi connectivity index (χ1v) is 6.95. The molecule has 1 aromatic carbocycles. The molecule has 1 aromatic heterocycles. The van der Waals surface area contributed by atoms with Gasteiger partial charge in [0.25, 0.3) is 5.91 Å². The van der Waals surface area contributed by atoms with Crippen molar-refractivity contribution in [1.82, 2.24) is 10.9 Å². The molecule has 0 spiro atoms. The van der Waals surface area contributed by atoms with E-state index in [-0.39, 0.29) is 11.3 Å². The van der Waals surface area contributed by atoms with E-state index >= 15 is 0 Å². The molecule has 0 fully saturated rings. The summed E-state index contributed by atoms with van der Waals surface area (Å²) in [6, 6.07) is 7.99. The quantitative estimate of drug-likeness (QED) is 0.630. The number of esters is 1. The summed E-state index contributed by atoms with van der Waals surface area (Å²) in [6.07, 6.45) is 1.33. The van der Waals surface area contributed by atoms with Crippen LogP contribution in [-0.2, 0) is 9.53 Å². The second-order valence-corrected chi connectivity index (χ2v) is 4.76. The number of amides is 2. The van der Waals surface area contributed by atoms with E-state index in [0.717, 1.165) is 5.56 Å². The van der Waals surface area contributed by atoms with Gasteiger partial charge in [-0.05, 0) is 31.2 Å². The van der Waals surface area contributed by atoms with Crippen LogP contribution in [-0.4, -0.2) is 31.5 Å². The molecule has 0 aliphatic carbocycles. The monoisotopic (exact) mass is 332 g/mol. The summed E-state index contributed by atoms with van der Waals surface area (Å²) >= 11 is 0. The average Bonchev–Trinajstić information content (AvgIpc) is 3.12. The van der Waals surface area contributed by atoms with Gasteiger partial charge < -0.3 is 13.9 Å². The van der Waals surface area contributed by atoms with Crippen molar-refractivity contribution in [1.29, 1.82) is 0 Å². The second-order valence-electron chi connectivity index (χ2n) is 4.76. The second kappa shape index (κ2) is 7.82. The van der Waals surface area contributed by atoms with Gasteiger partial charge >= 0.3 is 11.9 Å². The maximum Gasteiger partial charge on any atom is 0.342 e. The molecule has 24 heavy (non-hydrogen) atoms. The molecule has 0 radical (unpaired) electrons. The van der Waals surface area contributed by atoms with Crippen LogP contribution in [0.2, 0.25) is 0 Å². The van der Waals surface area contributed by atoms with E-state index in [1.807, 2.05) is 6.92 Å². The fourth-order valence-electron chi connectivity index (χ4n) is 1.82. The smallest absolute Gasteiger partial charge is 0.342 e. The lowest BCUT2D eigenvalue weighted by molar-refractivity contribution is -0.125. The maximum atomic E-state index is 12.0. The minimum absolute atomic E-state index is 0.0387. The highest BCUT2D eigenvalue weighted by atomic mass is 16.5. The van der Waals surface area contributed by atoms with Gasteiger partial charge in [0.2, 0.25) is 0 Å². The Morgan fingerprint density at radius 1 is 1.17 bits per heavy atom. The number of furan rings is 1. The third-order valence-electron chi connectivity index (χ3n) is 2.97. The molecule has 0 unspecified atom stereocenters. The normalized spacial score (nSPS) is 9.92. The van der Waals surface area contributed by atoms with Gasteiger partial charge in [0.15, 0.2) is 12.4 Å². The highest BCUT2D eigenvalue weighted by Gasteiger charge is 2.16. The van der Waals surface area contributed by atoms with Crippen LogP contribution in [0.3, 0.4) is 0 Å². The van der Waals surface area contributed by atoms with Crippen molar-refractivity contribution in [2.24, 2.45) is 0 Å². The number of benzene rings is 1. The molecular weight excluding hydrogens is 316 g/mol. The number of aryl methyl sites for hydroxylation is 1. The fourth-order valence-corrected chi connectivity index (χ4v) is 1.82. The zero-order chi connectivity index (χ0) is 17.5. The predicted molar refractivity (Wildman–Crippen MR) is 82.3 cm³/mol. The molecule has 8 heteroatoms. The average molecular weight is 332 g/mol. The van der Waals surface area contributed by atoms with E-state index in [1.165, 1.54) is 25.5 Å². The number of methoxy groups -OCH3 is 1. The van der Waals surface area contributed by atoms with E-state index in [1.54, 1.807) is 18.2 Å². The van der Waals surface area contributed by atoms with Gasteiger partial charge in [-0.2, -0.15) is 0 Å². The number of rotatable bonds is 5. The van der Waals surface area contributed by atoms with E-state index < -0.39 is 24.4 Å². The van der Waals surface area contributed by atoms with Crippen molar-refractivity contribution in [2.45, 2.75) is 6.92 Å². The molecule has 1 heterocycles. The molecular formula is C16H16N2O6. The largest absolute Gasteiger partial charge is 0.496 e. The van der Waals surface area contributed by atoms with Crippen molar-refractivity contribution < 1.29 is 28.3 Å². The van der Waals surface area contributed by atoms with Crippen molar-refractivity contribution in [3.05, 3.63) is 53.5 Å². The maximum absolute atomic E-state index is 12.0. The predicted octanol–water partition coefficient (Wildman–Crippen LogP) is 1.21. The summed E-state index contributed by atoms with van der Waals surface area (Å²) in [5.74, 6) is -1.65. The number of hydrogen-bond acceptors (Lipinski definition) is 6. The Labute approximate surface area is 137 Å². The van der Waals surface area contributed by atoms with Crippen LogP contribution >= 0.6 is 0 Å². The summed E-state index contributed by atoms with van der Waals surface area (Å²) in [5, 5.41) is 0. The van der Waals surface area contributed by atoms with Crippen LogP contribution in [0.5, 0.6) is 5.75 Å². The van der Waals surface area contributed by atoms with Crippen LogP contribution in [0.1, 0.15) is 26.5 Å². The van der Waals surface area contributed by atoms with Crippen LogP contribution in [0.15, 0.2) is 41.0 Å². The molecule has 0 bridgehead atoms. The number of carbonyl (C=O) groups excluding carboxylic acids is 3. The third kappa shape index (κ3) is 4.35. The van der Waals surface area contributed by atoms with Crippen LogP contribution in [0, 0.1) is 6.92 Å². The fraction of sp³-hybridized carbons (Fsp3) is 0.188. The molecule has 0 aliphatic rings. The van der Waals surface area contributed by atoms with Gasteiger partial charge in [-0.1, -0.05) is 11.6 Å². The first-order valence-electron chi connectivity index (χ1n) is 6.95. The van der Waals surface area contributed by atoms with Crippen LogP contribution in [0.25, 0.3) is 0 Å². The summed E-state index contributed by atoms with van der Waals surface area (Å²) in [7, 11) is 1.43. The van der Waals surface area contributed by atoms with E-state index in [0.29, 0.717) is 5.75 Å². The molecule has 2 aromatic rings. The van der Waals surface area contributed by atoms with Gasteiger partial charge in [0.1, 0.15) is 11.3 Å². The van der Waals surface area contributed by atoms with Crippen molar-refractivity contribution >= 4 is 17.8 Å². The number of carbonyl (C=O) groups is 3. The van der Waals surface area contributed by atoms with Crippen molar-refractivity contribution in [3.63, 3.8) is 0 Å². The molecule has 0 atom stereocenters. The minimum Gasteiger partial charge on any atom is -0.496 e. The topological polar surface area (TPSA) is 107 Å². The Bertz CT molecular complexity index is 739. The van der Waals surface area contributed by atoms with Gasteiger partial charge in [0, 0.05) is 0 Å². The highest BCUT2D eigenvalue weighted by molar-refractivity contribution is 5.95. The Morgan fingerprint density at radius 2 is 1.96 bits per heavy atom. The van der Waals surface area contributed by atoms with E-state index in [2.05, 4.69) is 10.9 Å². The number of hydrazine groups is 1. The van der Waals surface area contributed by atoms with Crippen LogP contribution < -0.4 is 15.6 Å². The number of hydrogen-bond donors (Lipinski definition) is 2. The Kier molecular flexibility index (Phi) is 5.56. The van der Waals surface area contributed by atoms with Crippen molar-refractivity contribution in [2.75, 3.05) is 13.7 Å². The summed E-state index contributed by atoms with van der Waals surface area (Å²) < 4.78 is 14.8. The SMILES string of the molecule is COc1ccc(C)cc1C(=O)OCC(=O)NNC(=O)c1ccco1. The van der Waals surface area contributed by atoms with Gasteiger partial charge in [-0.25, -0.2) is 4.79 Å². The molecule has 0 saturated heterocycles. The minimum atomic E-state index is -0.705. The lowest BCUT2D eigenvalue weighted by Crippen LogP contribution is -2.43. The molecule has 2 N–H and O–H groups in total. The first-order chi connectivity index (χ1) is 11.5. The zero-order valence-corrected chi connectivity index (χ0v) is 13.1. The molecule has 0 aliphatic heterocycles. The molecule has 0 saturated carbocycles. The Morgan fingerprint density at radius 3 is 2.62 bits per heavy atom. The number of nitrogens with one attached hydrogen (secondary N) is 2. The van der Waals surface area contributed by atoms with Gasteiger partial charge in [-0.15, -0.1) is 0 Å². The first kappa shape index (κ1) is 17.1. The zero-order valence-electron chi connectivity index (χ0n) is 13.1. The van der Waals surface area contributed by atoms with E-state index in [9.17, 15) is 14.4 Å². The standard InChI is InChI=1S/C16H16N2O6/c1-10-5-6-12(22-2)11(8-10)16(21)24-9-14(19)17-18-15(20)13-4-3-7-23-13/h3-8H,9H2,1-2H3,(H,17,19)(H,18,20). The summed E-state index contributed by atoms with van der Waals surface area (Å²) in [5.41, 5.74) is 5.30. The van der Waals surface area contributed by atoms with E-state index in [4.69, 9.17) is 13.9 Å².